The van der Waals surface area contributed by atoms with Crippen LogP contribution >= 0.6 is 0 Å². The molecule has 64 heavy (non-hydrogen) atoms. The predicted octanol–water partition coefficient (Wildman–Crippen LogP) is 4.41. The van der Waals surface area contributed by atoms with Crippen molar-refractivity contribution < 1.29 is 80.9 Å². The van der Waals surface area contributed by atoms with Gasteiger partial charge < -0.3 is 57.4 Å². The molecule has 18 nitrogen and oxygen atoms in total. The second-order valence-corrected chi connectivity index (χ2v) is 15.5. The second kappa shape index (κ2) is 27.4. The van der Waals surface area contributed by atoms with E-state index >= 15 is 0 Å². The molecule has 1 N–H and O–H groups in total. The number of unbranched alkanes of at least 4 members (excludes halogenated alkanes) is 5. The monoisotopic (exact) mass is 901 g/mol. The maximum atomic E-state index is 13.0. The summed E-state index contributed by atoms with van der Waals surface area (Å²) in [5, 5.41) is 2.94. The minimum Gasteiger partial charge on any atom is -0.469 e. The van der Waals surface area contributed by atoms with Crippen LogP contribution in [0.4, 0.5) is 0 Å². The molecule has 2 aliphatic rings. The van der Waals surface area contributed by atoms with Crippen molar-refractivity contribution in [2.45, 2.75) is 154 Å². The summed E-state index contributed by atoms with van der Waals surface area (Å²) in [5.74, 6) is -3.91. The summed E-state index contributed by atoms with van der Waals surface area (Å²) < 4.78 is 66.2. The van der Waals surface area contributed by atoms with E-state index in [9.17, 15) is 28.8 Å². The first kappa shape index (κ1) is 51.7. The van der Waals surface area contributed by atoms with Crippen LogP contribution < -0.4 is 5.32 Å². The van der Waals surface area contributed by atoms with E-state index in [1.54, 1.807) is 0 Å². The van der Waals surface area contributed by atoms with Crippen molar-refractivity contribution >= 4 is 35.8 Å². The van der Waals surface area contributed by atoms with Gasteiger partial charge in [-0.25, -0.2) is 0 Å². The Balaban J connectivity index is 1.72. The molecule has 18 heteroatoms. The van der Waals surface area contributed by atoms with Crippen LogP contribution in [0, 0.1) is 0 Å². The minimum atomic E-state index is -1.62. The molecule has 0 radical (unpaired) electrons. The predicted molar refractivity (Wildman–Crippen MR) is 224 cm³/mol. The first-order valence-corrected chi connectivity index (χ1v) is 21.6. The van der Waals surface area contributed by atoms with Crippen LogP contribution in [0.5, 0.6) is 0 Å². The summed E-state index contributed by atoms with van der Waals surface area (Å²) in [6, 6.07) is 17.7. The van der Waals surface area contributed by atoms with Gasteiger partial charge in [-0.2, -0.15) is 0 Å². The Morgan fingerprint density at radius 3 is 1.77 bits per heavy atom. The number of carbonyl (C=O) groups excluding carboxylic acids is 6. The Morgan fingerprint density at radius 1 is 0.609 bits per heavy atom. The summed E-state index contributed by atoms with van der Waals surface area (Å²) in [4.78, 5) is 74.7. The Labute approximate surface area is 374 Å². The molecule has 2 fully saturated rings. The minimum absolute atomic E-state index is 0.0414. The number of carbonyl (C=O) groups is 6. The van der Waals surface area contributed by atoms with E-state index in [4.69, 9.17) is 52.1 Å². The third-order valence-corrected chi connectivity index (χ3v) is 10.2. The molecule has 2 aromatic rings. The first-order valence-electron chi connectivity index (χ1n) is 21.6. The number of hydrogen-bond donors (Lipinski definition) is 1. The van der Waals surface area contributed by atoms with E-state index < -0.39 is 97.7 Å². The number of rotatable bonds is 24. The van der Waals surface area contributed by atoms with Crippen LogP contribution in [0.3, 0.4) is 0 Å². The molecule has 2 aliphatic heterocycles. The molecular weight excluding hydrogens is 838 g/mol. The molecule has 2 aromatic carbocycles. The average molecular weight is 902 g/mol. The largest absolute Gasteiger partial charge is 0.469 e. The van der Waals surface area contributed by atoms with E-state index in [-0.39, 0.29) is 32.4 Å². The van der Waals surface area contributed by atoms with Gasteiger partial charge in [-0.05, 0) is 24.0 Å². The summed E-state index contributed by atoms with van der Waals surface area (Å²) in [6.07, 6.45) is -6.74. The maximum Gasteiger partial charge on any atom is 0.305 e. The van der Waals surface area contributed by atoms with E-state index in [0.717, 1.165) is 70.9 Å². The van der Waals surface area contributed by atoms with Crippen molar-refractivity contribution in [1.29, 1.82) is 0 Å². The van der Waals surface area contributed by atoms with Crippen molar-refractivity contribution in [2.75, 3.05) is 26.9 Å². The van der Waals surface area contributed by atoms with Crippen molar-refractivity contribution in [3.05, 3.63) is 71.8 Å². The van der Waals surface area contributed by atoms with Gasteiger partial charge in [0.1, 0.15) is 24.4 Å². The standard InChI is InChI=1S/C46H63NO17/c1-29(48)47-39-42(57-26-35-21-15-12-16-22-35)40(64-46-44(62-33(5)52)43(61-32(4)51)41(60-31(3)50)37(28-58-46)59-30(2)49)36(27-55-25-34-19-13-11-14-20-34)63-45(39)56-24-18-10-8-7-9-17-23-38(53)54-6/h11-16,19-22,36-37,39-46H,7-10,17-18,23-28H2,1-6H3,(H,47,48)/t36-,37-,39-,40+,41+,42-,43+,44-,45+,46+/m1/s1. The zero-order valence-corrected chi connectivity index (χ0v) is 37.5. The Bertz CT molecular complexity index is 1760. The lowest BCUT2D eigenvalue weighted by Crippen LogP contribution is -2.67. The number of hydrogen-bond acceptors (Lipinski definition) is 17. The van der Waals surface area contributed by atoms with Crippen LogP contribution in [0.1, 0.15) is 90.7 Å². The highest BCUT2D eigenvalue weighted by molar-refractivity contribution is 5.73. The zero-order valence-electron chi connectivity index (χ0n) is 37.5. The summed E-state index contributed by atoms with van der Waals surface area (Å²) in [7, 11) is 1.38. The third-order valence-electron chi connectivity index (χ3n) is 10.2. The van der Waals surface area contributed by atoms with Gasteiger partial charge in [-0.3, -0.25) is 28.8 Å². The lowest BCUT2D eigenvalue weighted by molar-refractivity contribution is -0.324. The number of ether oxygens (including phenoxy) is 11. The number of esters is 5. The Hall–Kier alpha value is -4.98. The zero-order chi connectivity index (χ0) is 46.4. The van der Waals surface area contributed by atoms with E-state index in [1.807, 2.05) is 60.7 Å². The summed E-state index contributed by atoms with van der Waals surface area (Å²) in [6.45, 7) is 5.72. The Kier molecular flexibility index (Phi) is 22.1. The molecule has 2 saturated heterocycles. The van der Waals surface area contributed by atoms with Crippen molar-refractivity contribution in [3.8, 4) is 0 Å². The number of amides is 1. The smallest absolute Gasteiger partial charge is 0.305 e. The fourth-order valence-electron chi connectivity index (χ4n) is 7.44. The molecule has 354 valence electrons. The molecule has 0 aromatic heterocycles. The molecule has 4 rings (SSSR count). The van der Waals surface area contributed by atoms with Gasteiger partial charge in [-0.1, -0.05) is 86.3 Å². The quantitative estimate of drug-likeness (QED) is 0.0877. The normalized spacial score (nSPS) is 25.5. The van der Waals surface area contributed by atoms with E-state index in [1.165, 1.54) is 14.0 Å². The van der Waals surface area contributed by atoms with E-state index in [0.29, 0.717) is 12.8 Å². The highest BCUT2D eigenvalue weighted by atomic mass is 16.8. The van der Waals surface area contributed by atoms with Gasteiger partial charge in [-0.15, -0.1) is 0 Å². The fourth-order valence-corrected chi connectivity index (χ4v) is 7.44. The number of benzene rings is 2. The lowest BCUT2D eigenvalue weighted by Gasteiger charge is -2.47. The molecule has 2 heterocycles. The summed E-state index contributed by atoms with van der Waals surface area (Å²) in [5.41, 5.74) is 1.67. The fraction of sp³-hybridized carbons (Fsp3) is 0.609. The molecule has 1 amide bonds. The molecule has 0 spiro atoms. The maximum absolute atomic E-state index is 13.0. The van der Waals surface area contributed by atoms with Crippen LogP contribution in [-0.2, 0) is 94.1 Å². The van der Waals surface area contributed by atoms with Gasteiger partial charge in [0.25, 0.3) is 0 Å². The van der Waals surface area contributed by atoms with Crippen molar-refractivity contribution in [3.63, 3.8) is 0 Å². The van der Waals surface area contributed by atoms with Gasteiger partial charge >= 0.3 is 29.8 Å². The number of nitrogens with one attached hydrogen (secondary N) is 1. The molecule has 10 atom stereocenters. The van der Waals surface area contributed by atoms with Gasteiger partial charge in [0, 0.05) is 47.6 Å². The van der Waals surface area contributed by atoms with Crippen LogP contribution in [0.25, 0.3) is 0 Å². The molecule has 0 bridgehead atoms. The molecule has 0 aliphatic carbocycles. The van der Waals surface area contributed by atoms with E-state index in [2.05, 4.69) is 5.32 Å². The molecule has 0 saturated carbocycles. The molecular formula is C46H63NO17. The van der Waals surface area contributed by atoms with Crippen molar-refractivity contribution in [1.82, 2.24) is 5.32 Å². The van der Waals surface area contributed by atoms with Crippen LogP contribution in [0.2, 0.25) is 0 Å². The molecule has 0 unspecified atom stereocenters. The van der Waals surface area contributed by atoms with Gasteiger partial charge in [0.05, 0.1) is 33.5 Å². The van der Waals surface area contributed by atoms with Crippen LogP contribution in [0.15, 0.2) is 60.7 Å². The van der Waals surface area contributed by atoms with Gasteiger partial charge in [0.2, 0.25) is 5.91 Å². The topological polar surface area (TPSA) is 216 Å². The van der Waals surface area contributed by atoms with Crippen LogP contribution in [-0.4, -0.2) is 124 Å². The second-order valence-electron chi connectivity index (χ2n) is 15.5. The van der Waals surface area contributed by atoms with Crippen molar-refractivity contribution in [2.24, 2.45) is 0 Å². The first-order chi connectivity index (χ1) is 30.7. The number of methoxy groups -OCH3 is 1. The SMILES string of the molecule is COC(=O)CCCCCCCCO[C@H]1O[C@H](COCc2ccccc2)[C@H](O[C@@H]2OC[C@@H](OC(C)=O)[C@H](OC(C)=O)[C@H](OC(C)=O)[C@H]2OC(C)=O)[C@H](OCc2ccccc2)[C@H]1NC(C)=O. The lowest BCUT2D eigenvalue weighted by atomic mass is 9.95. The Morgan fingerprint density at radius 2 is 1.17 bits per heavy atom. The highest BCUT2D eigenvalue weighted by Gasteiger charge is 2.55. The summed E-state index contributed by atoms with van der Waals surface area (Å²) >= 11 is 0. The third kappa shape index (κ3) is 17.5. The van der Waals surface area contributed by atoms with Gasteiger partial charge in [0.15, 0.2) is 37.0 Å². The highest BCUT2D eigenvalue weighted by Crippen LogP contribution is 2.34. The average Bonchev–Trinajstić information content (AvgIpc) is 3.36.